The molecule has 1 N–H and O–H groups in total. The van der Waals surface area contributed by atoms with Crippen molar-refractivity contribution >= 4 is 5.78 Å². The van der Waals surface area contributed by atoms with Crippen LogP contribution in [0.15, 0.2) is 0 Å². The molecule has 2 aliphatic rings. The Hall–Kier alpha value is -0.370. The van der Waals surface area contributed by atoms with E-state index in [1.54, 1.807) is 6.92 Å². The molecule has 0 spiro atoms. The van der Waals surface area contributed by atoms with Crippen LogP contribution in [0.4, 0.5) is 0 Å². The van der Waals surface area contributed by atoms with Crippen molar-refractivity contribution in [2.24, 2.45) is 29.1 Å². The number of carbonyl (C=O) groups excluding carboxylic acids is 1. The molecular formula is C17H30O2. The highest BCUT2D eigenvalue weighted by molar-refractivity contribution is 5.79. The fraction of sp³-hybridized carbons (Fsp3) is 0.941. The molecule has 19 heavy (non-hydrogen) atoms. The molecule has 0 aromatic heterocycles. The van der Waals surface area contributed by atoms with E-state index in [1.165, 1.54) is 12.8 Å². The average Bonchev–Trinajstić information content (AvgIpc) is 2.27. The number of hydrogen-bond donors (Lipinski definition) is 1. The van der Waals surface area contributed by atoms with Crippen LogP contribution in [-0.2, 0) is 4.79 Å². The van der Waals surface area contributed by atoms with Gasteiger partial charge in [-0.15, -0.1) is 0 Å². The number of Topliss-reactive ketones (excluding diaryl/α,β-unsaturated/α-hetero) is 1. The first-order chi connectivity index (χ1) is 8.68. The van der Waals surface area contributed by atoms with Gasteiger partial charge in [-0.3, -0.25) is 4.79 Å². The molecule has 0 aromatic carbocycles. The van der Waals surface area contributed by atoms with Gasteiger partial charge in [-0.05, 0) is 69.1 Å². The minimum Gasteiger partial charge on any atom is -0.389 e. The van der Waals surface area contributed by atoms with E-state index in [2.05, 4.69) is 20.8 Å². The molecule has 0 amide bonds. The zero-order valence-corrected chi connectivity index (χ0v) is 13.2. The highest BCUT2D eigenvalue weighted by atomic mass is 16.3. The van der Waals surface area contributed by atoms with Crippen molar-refractivity contribution < 1.29 is 9.90 Å². The Labute approximate surface area is 118 Å². The minimum absolute atomic E-state index is 0.156. The van der Waals surface area contributed by atoms with E-state index in [-0.39, 0.29) is 23.0 Å². The van der Waals surface area contributed by atoms with Crippen LogP contribution >= 0.6 is 0 Å². The molecule has 0 heterocycles. The van der Waals surface area contributed by atoms with Crippen molar-refractivity contribution in [1.82, 2.24) is 0 Å². The van der Waals surface area contributed by atoms with Gasteiger partial charge in [-0.1, -0.05) is 20.8 Å². The maximum Gasteiger partial charge on any atom is 0.135 e. The third-order valence-electron chi connectivity index (χ3n) is 6.31. The molecule has 2 rings (SSSR count). The minimum atomic E-state index is -0.813. The molecule has 0 aliphatic heterocycles. The van der Waals surface area contributed by atoms with Gasteiger partial charge in [0.1, 0.15) is 5.78 Å². The predicted octanol–water partition coefficient (Wildman–Crippen LogP) is 3.82. The molecule has 110 valence electrons. The lowest BCUT2D eigenvalue weighted by atomic mass is 9.50. The lowest BCUT2D eigenvalue weighted by Crippen LogP contribution is -2.57. The molecule has 2 nitrogen and oxygen atoms in total. The topological polar surface area (TPSA) is 37.3 Å². The molecule has 0 aromatic rings. The van der Waals surface area contributed by atoms with Crippen molar-refractivity contribution in [2.75, 3.05) is 0 Å². The maximum absolute atomic E-state index is 11.8. The summed E-state index contributed by atoms with van der Waals surface area (Å²) in [6.45, 7) is 10.5. The Kier molecular flexibility index (Phi) is 3.85. The highest BCUT2D eigenvalue weighted by Crippen LogP contribution is 2.57. The Morgan fingerprint density at radius 3 is 2.32 bits per heavy atom. The van der Waals surface area contributed by atoms with Crippen LogP contribution in [-0.4, -0.2) is 16.5 Å². The van der Waals surface area contributed by atoms with E-state index in [0.717, 1.165) is 19.3 Å². The van der Waals surface area contributed by atoms with Crippen molar-refractivity contribution in [3.63, 3.8) is 0 Å². The predicted molar refractivity (Wildman–Crippen MR) is 77.8 cm³/mol. The standard InChI is InChI=1S/C17H30O2/c1-11(2)13-6-8-16(4)9-7-14(12(3)18)17(5,19)15(16)10-13/h11,13-15,19H,6-10H2,1-5H3/t13-,14?,15+,16-,17+/m1/s1. The number of fused-ring (bicyclic) bond motifs is 1. The van der Waals surface area contributed by atoms with Crippen molar-refractivity contribution in [2.45, 2.75) is 72.3 Å². The molecule has 0 bridgehead atoms. The van der Waals surface area contributed by atoms with Gasteiger partial charge < -0.3 is 5.11 Å². The van der Waals surface area contributed by atoms with Crippen LogP contribution < -0.4 is 0 Å². The van der Waals surface area contributed by atoms with Gasteiger partial charge >= 0.3 is 0 Å². The average molecular weight is 266 g/mol. The van der Waals surface area contributed by atoms with Crippen LogP contribution in [0.25, 0.3) is 0 Å². The number of aliphatic hydroxyl groups is 1. The first-order valence-electron chi connectivity index (χ1n) is 7.91. The summed E-state index contributed by atoms with van der Waals surface area (Å²) in [5.41, 5.74) is -0.576. The Bertz CT molecular complexity index is 358. The van der Waals surface area contributed by atoms with Crippen LogP contribution in [0.3, 0.4) is 0 Å². The zero-order chi connectivity index (χ0) is 14.4. The van der Waals surface area contributed by atoms with Gasteiger partial charge in [-0.25, -0.2) is 0 Å². The van der Waals surface area contributed by atoms with Crippen LogP contribution in [0.5, 0.6) is 0 Å². The first-order valence-corrected chi connectivity index (χ1v) is 7.91. The van der Waals surface area contributed by atoms with E-state index in [9.17, 15) is 9.90 Å². The molecule has 0 saturated heterocycles. The fourth-order valence-electron chi connectivity index (χ4n) is 4.87. The summed E-state index contributed by atoms with van der Waals surface area (Å²) in [7, 11) is 0. The zero-order valence-electron chi connectivity index (χ0n) is 13.2. The van der Waals surface area contributed by atoms with E-state index in [0.29, 0.717) is 11.8 Å². The summed E-state index contributed by atoms with van der Waals surface area (Å²) in [5, 5.41) is 11.0. The maximum atomic E-state index is 11.8. The van der Waals surface area contributed by atoms with Gasteiger partial charge in [0.2, 0.25) is 0 Å². The lowest BCUT2D eigenvalue weighted by molar-refractivity contribution is -0.169. The quantitative estimate of drug-likeness (QED) is 0.825. The number of rotatable bonds is 2. The third-order valence-corrected chi connectivity index (χ3v) is 6.31. The molecular weight excluding hydrogens is 236 g/mol. The summed E-state index contributed by atoms with van der Waals surface area (Å²) >= 11 is 0. The molecule has 2 heteroatoms. The van der Waals surface area contributed by atoms with E-state index < -0.39 is 5.60 Å². The second-order valence-electron chi connectivity index (χ2n) is 7.91. The highest BCUT2D eigenvalue weighted by Gasteiger charge is 2.56. The van der Waals surface area contributed by atoms with E-state index >= 15 is 0 Å². The Balaban J connectivity index is 2.28. The normalized spacial score (nSPS) is 47.0. The number of ketones is 1. The number of carbonyl (C=O) groups is 1. The second kappa shape index (κ2) is 4.87. The lowest BCUT2D eigenvalue weighted by Gasteiger charge is -2.57. The first kappa shape index (κ1) is 15.0. The Morgan fingerprint density at radius 1 is 1.21 bits per heavy atom. The molecule has 5 atom stereocenters. The van der Waals surface area contributed by atoms with Crippen LogP contribution in [0.2, 0.25) is 0 Å². The second-order valence-corrected chi connectivity index (χ2v) is 7.91. The van der Waals surface area contributed by atoms with Crippen LogP contribution in [0, 0.1) is 29.1 Å². The van der Waals surface area contributed by atoms with Gasteiger partial charge in [0.15, 0.2) is 0 Å². The van der Waals surface area contributed by atoms with E-state index in [4.69, 9.17) is 0 Å². The Morgan fingerprint density at radius 2 is 1.79 bits per heavy atom. The molecule has 2 fully saturated rings. The van der Waals surface area contributed by atoms with Crippen LogP contribution in [0.1, 0.15) is 66.7 Å². The van der Waals surface area contributed by atoms with Gasteiger partial charge in [0.25, 0.3) is 0 Å². The monoisotopic (exact) mass is 266 g/mol. The van der Waals surface area contributed by atoms with Gasteiger partial charge in [0, 0.05) is 5.92 Å². The van der Waals surface area contributed by atoms with Gasteiger partial charge in [0.05, 0.1) is 5.60 Å². The molecule has 0 radical (unpaired) electrons. The number of hydrogen-bond acceptors (Lipinski definition) is 2. The van der Waals surface area contributed by atoms with Crippen molar-refractivity contribution in [3.05, 3.63) is 0 Å². The third kappa shape index (κ3) is 2.49. The van der Waals surface area contributed by atoms with Gasteiger partial charge in [-0.2, -0.15) is 0 Å². The molecule has 2 saturated carbocycles. The SMILES string of the molecule is CC(=O)C1CC[C@@]2(C)CC[C@@H](C(C)C)C[C@@H]2[C@@]1(C)O. The summed E-state index contributed by atoms with van der Waals surface area (Å²) in [5.74, 6) is 1.67. The summed E-state index contributed by atoms with van der Waals surface area (Å²) < 4.78 is 0. The fourth-order valence-corrected chi connectivity index (χ4v) is 4.87. The summed E-state index contributed by atoms with van der Waals surface area (Å²) in [6, 6.07) is 0. The van der Waals surface area contributed by atoms with E-state index in [1.807, 2.05) is 6.92 Å². The molecule has 1 unspecified atom stereocenters. The largest absolute Gasteiger partial charge is 0.389 e. The summed E-state index contributed by atoms with van der Waals surface area (Å²) in [4.78, 5) is 11.8. The molecule has 2 aliphatic carbocycles. The van der Waals surface area contributed by atoms with Crippen molar-refractivity contribution in [1.29, 1.82) is 0 Å². The smallest absolute Gasteiger partial charge is 0.135 e. The summed E-state index contributed by atoms with van der Waals surface area (Å²) in [6.07, 6.45) is 5.54. The van der Waals surface area contributed by atoms with Crippen molar-refractivity contribution in [3.8, 4) is 0 Å².